The Kier molecular flexibility index (Phi) is 5.87. The molecule has 23 heavy (non-hydrogen) atoms. The topological polar surface area (TPSA) is 102 Å². The van der Waals surface area contributed by atoms with Crippen LogP contribution >= 0.6 is 11.8 Å². The van der Waals surface area contributed by atoms with Gasteiger partial charge in [-0.2, -0.15) is 0 Å². The number of hydrogen-bond donors (Lipinski definition) is 2. The van der Waals surface area contributed by atoms with Crippen molar-refractivity contribution < 1.29 is 9.59 Å². The summed E-state index contributed by atoms with van der Waals surface area (Å²) >= 11 is 1.19. The Morgan fingerprint density at radius 2 is 2.26 bits per heavy atom. The highest BCUT2D eigenvalue weighted by Crippen LogP contribution is 2.21. The van der Waals surface area contributed by atoms with Gasteiger partial charge in [-0.05, 0) is 12.1 Å². The van der Waals surface area contributed by atoms with Crippen molar-refractivity contribution in [3.8, 4) is 11.4 Å². The van der Waals surface area contributed by atoms with Crippen LogP contribution in [0.1, 0.15) is 0 Å². The van der Waals surface area contributed by atoms with Gasteiger partial charge in [0.2, 0.25) is 5.91 Å². The normalized spacial score (nSPS) is 10.1. The highest BCUT2D eigenvalue weighted by molar-refractivity contribution is 7.99. The van der Waals surface area contributed by atoms with Crippen molar-refractivity contribution in [3.05, 3.63) is 37.2 Å². The predicted molar refractivity (Wildman–Crippen MR) is 86.7 cm³/mol. The molecule has 0 radical (unpaired) electrons. The summed E-state index contributed by atoms with van der Waals surface area (Å²) in [7, 11) is 1.80. The van der Waals surface area contributed by atoms with Crippen molar-refractivity contribution in [1.82, 2.24) is 30.4 Å². The molecule has 0 aliphatic heterocycles. The molecule has 2 N–H and O–H groups in total. The SMILES string of the molecule is C=CCNC(=O)NC(=O)CSc1nnc(-c2cccnc2)n1C. The van der Waals surface area contributed by atoms with Crippen LogP contribution in [0.2, 0.25) is 0 Å². The van der Waals surface area contributed by atoms with E-state index >= 15 is 0 Å². The number of aromatic nitrogens is 4. The molecule has 2 aromatic rings. The second-order valence-electron chi connectivity index (χ2n) is 4.44. The van der Waals surface area contributed by atoms with Crippen LogP contribution in [0.4, 0.5) is 4.79 Å². The van der Waals surface area contributed by atoms with Crippen LogP contribution in [0.3, 0.4) is 0 Å². The lowest BCUT2D eigenvalue weighted by Gasteiger charge is -2.05. The highest BCUT2D eigenvalue weighted by atomic mass is 32.2. The molecule has 0 saturated heterocycles. The average Bonchev–Trinajstić information content (AvgIpc) is 2.92. The molecule has 8 nitrogen and oxygen atoms in total. The minimum absolute atomic E-state index is 0.0561. The number of pyridine rings is 1. The minimum Gasteiger partial charge on any atom is -0.334 e. The van der Waals surface area contributed by atoms with Crippen LogP contribution in [-0.4, -0.2) is 44.0 Å². The van der Waals surface area contributed by atoms with E-state index in [4.69, 9.17) is 0 Å². The summed E-state index contributed by atoms with van der Waals surface area (Å²) in [4.78, 5) is 27.1. The lowest BCUT2D eigenvalue weighted by atomic mass is 10.3. The van der Waals surface area contributed by atoms with Crippen LogP contribution in [0, 0.1) is 0 Å². The number of thioether (sulfide) groups is 1. The molecular formula is C14H16N6O2S. The predicted octanol–water partition coefficient (Wildman–Crippen LogP) is 0.981. The molecule has 120 valence electrons. The molecule has 0 aromatic carbocycles. The number of amides is 3. The van der Waals surface area contributed by atoms with E-state index < -0.39 is 11.9 Å². The Balaban J connectivity index is 1.92. The lowest BCUT2D eigenvalue weighted by Crippen LogP contribution is -2.40. The van der Waals surface area contributed by atoms with Gasteiger partial charge >= 0.3 is 6.03 Å². The number of nitrogens with zero attached hydrogens (tertiary/aromatic N) is 4. The van der Waals surface area contributed by atoms with E-state index in [0.717, 1.165) is 5.56 Å². The number of rotatable bonds is 6. The Labute approximate surface area is 137 Å². The molecule has 2 rings (SSSR count). The molecule has 3 amide bonds. The van der Waals surface area contributed by atoms with Crippen molar-refractivity contribution in [2.75, 3.05) is 12.3 Å². The Hall–Kier alpha value is -2.68. The molecule has 0 aliphatic rings. The number of nitrogens with one attached hydrogen (secondary N) is 2. The highest BCUT2D eigenvalue weighted by Gasteiger charge is 2.14. The van der Waals surface area contributed by atoms with Crippen molar-refractivity contribution in [2.24, 2.45) is 7.05 Å². The smallest absolute Gasteiger partial charge is 0.321 e. The fourth-order valence-corrected chi connectivity index (χ4v) is 2.40. The van der Waals surface area contributed by atoms with Gasteiger partial charge in [-0.1, -0.05) is 17.8 Å². The van der Waals surface area contributed by atoms with Crippen molar-refractivity contribution in [2.45, 2.75) is 5.16 Å². The van der Waals surface area contributed by atoms with Gasteiger partial charge in [-0.25, -0.2) is 4.79 Å². The van der Waals surface area contributed by atoms with Gasteiger partial charge in [0.1, 0.15) is 0 Å². The Morgan fingerprint density at radius 1 is 1.43 bits per heavy atom. The molecule has 0 unspecified atom stereocenters. The second kappa shape index (κ2) is 8.08. The number of hydrogen-bond acceptors (Lipinski definition) is 6. The summed E-state index contributed by atoms with van der Waals surface area (Å²) in [6, 6.07) is 3.14. The Bertz CT molecular complexity index is 701. The van der Waals surface area contributed by atoms with Gasteiger partial charge in [-0.15, -0.1) is 16.8 Å². The first-order valence-corrected chi connectivity index (χ1v) is 7.71. The molecule has 9 heteroatoms. The van der Waals surface area contributed by atoms with Gasteiger partial charge in [0.25, 0.3) is 0 Å². The van der Waals surface area contributed by atoms with Crippen LogP contribution in [0.15, 0.2) is 42.3 Å². The summed E-state index contributed by atoms with van der Waals surface area (Å²) < 4.78 is 1.77. The molecule has 0 aliphatic carbocycles. The average molecular weight is 332 g/mol. The summed E-state index contributed by atoms with van der Waals surface area (Å²) in [5.41, 5.74) is 0.836. The third-order valence-electron chi connectivity index (χ3n) is 2.75. The summed E-state index contributed by atoms with van der Waals surface area (Å²) in [5, 5.41) is 13.4. The standard InChI is InChI=1S/C14H16N6O2S/c1-3-6-16-13(22)17-11(21)9-23-14-19-18-12(20(14)2)10-5-4-7-15-8-10/h3-5,7-8H,1,6,9H2,2H3,(H2,16,17,21,22). The van der Waals surface area contributed by atoms with Crippen LogP contribution < -0.4 is 10.6 Å². The van der Waals surface area contributed by atoms with E-state index in [2.05, 4.69) is 32.4 Å². The van der Waals surface area contributed by atoms with Crippen molar-refractivity contribution in [1.29, 1.82) is 0 Å². The van der Waals surface area contributed by atoms with Gasteiger partial charge in [0.15, 0.2) is 11.0 Å². The maximum absolute atomic E-state index is 11.7. The number of imide groups is 1. The molecule has 2 aromatic heterocycles. The maximum Gasteiger partial charge on any atom is 0.321 e. The summed E-state index contributed by atoms with van der Waals surface area (Å²) in [6.45, 7) is 3.77. The lowest BCUT2D eigenvalue weighted by molar-refractivity contribution is -0.117. The van der Waals surface area contributed by atoms with Gasteiger partial charge in [0, 0.05) is 31.5 Å². The molecule has 0 spiro atoms. The van der Waals surface area contributed by atoms with Crippen LogP contribution in [0.5, 0.6) is 0 Å². The molecule has 0 bridgehead atoms. The van der Waals surface area contributed by atoms with Gasteiger partial charge < -0.3 is 9.88 Å². The number of carbonyl (C=O) groups excluding carboxylic acids is 2. The van der Waals surface area contributed by atoms with Crippen molar-refractivity contribution in [3.63, 3.8) is 0 Å². The van der Waals surface area contributed by atoms with Crippen LogP contribution in [-0.2, 0) is 11.8 Å². The van der Waals surface area contributed by atoms with Gasteiger partial charge in [0.05, 0.1) is 5.75 Å². The third kappa shape index (κ3) is 4.65. The maximum atomic E-state index is 11.7. The molecular weight excluding hydrogens is 316 g/mol. The monoisotopic (exact) mass is 332 g/mol. The largest absolute Gasteiger partial charge is 0.334 e. The van der Waals surface area contributed by atoms with E-state index in [9.17, 15) is 9.59 Å². The third-order valence-corrected chi connectivity index (χ3v) is 3.77. The molecule has 0 saturated carbocycles. The first-order chi connectivity index (χ1) is 11.1. The first kappa shape index (κ1) is 16.7. The van der Waals surface area contributed by atoms with E-state index in [-0.39, 0.29) is 5.75 Å². The fraction of sp³-hybridized carbons (Fsp3) is 0.214. The van der Waals surface area contributed by atoms with E-state index in [1.807, 2.05) is 12.1 Å². The van der Waals surface area contributed by atoms with E-state index in [0.29, 0.717) is 17.5 Å². The van der Waals surface area contributed by atoms with E-state index in [1.54, 1.807) is 24.0 Å². The Morgan fingerprint density at radius 3 is 2.96 bits per heavy atom. The molecule has 2 heterocycles. The van der Waals surface area contributed by atoms with Crippen molar-refractivity contribution >= 4 is 23.7 Å². The number of carbonyl (C=O) groups is 2. The van der Waals surface area contributed by atoms with E-state index in [1.165, 1.54) is 17.8 Å². The number of urea groups is 1. The van der Waals surface area contributed by atoms with Crippen LogP contribution in [0.25, 0.3) is 11.4 Å². The zero-order valence-electron chi connectivity index (χ0n) is 12.5. The molecule has 0 fully saturated rings. The quantitative estimate of drug-likeness (QED) is 0.604. The van der Waals surface area contributed by atoms with Gasteiger partial charge in [-0.3, -0.25) is 15.1 Å². The molecule has 0 atom stereocenters. The second-order valence-corrected chi connectivity index (χ2v) is 5.38. The zero-order chi connectivity index (χ0) is 16.7. The minimum atomic E-state index is -0.551. The summed E-state index contributed by atoms with van der Waals surface area (Å²) in [6.07, 6.45) is 4.89. The fourth-order valence-electron chi connectivity index (χ4n) is 1.69. The zero-order valence-corrected chi connectivity index (χ0v) is 13.3. The first-order valence-electron chi connectivity index (χ1n) is 6.73. The summed E-state index contributed by atoms with van der Waals surface area (Å²) in [5.74, 6) is 0.299.